The molecule has 5 nitrogen and oxygen atoms in total. The molecule has 20 heavy (non-hydrogen) atoms. The molecule has 1 atom stereocenters. The molecule has 0 fully saturated rings. The van der Waals surface area contributed by atoms with Crippen molar-refractivity contribution in [3.05, 3.63) is 41.5 Å². The van der Waals surface area contributed by atoms with Gasteiger partial charge in [0.1, 0.15) is 18.7 Å². The maximum atomic E-state index is 6.00. The summed E-state index contributed by atoms with van der Waals surface area (Å²) in [5, 5.41) is 4.19. The van der Waals surface area contributed by atoms with Crippen LogP contribution in [0.4, 0.5) is 0 Å². The number of rotatable bonds is 6. The molecular weight excluding hydrogens is 252 g/mol. The number of hydrogen-bond acceptors (Lipinski definition) is 4. The Bertz CT molecular complexity index is 563. The van der Waals surface area contributed by atoms with Gasteiger partial charge in [0.2, 0.25) is 0 Å². The van der Waals surface area contributed by atoms with Gasteiger partial charge in [0.05, 0.1) is 0 Å². The summed E-state index contributed by atoms with van der Waals surface area (Å²) in [5.74, 6) is 1.65. The summed E-state index contributed by atoms with van der Waals surface area (Å²) in [7, 11) is 0. The van der Waals surface area contributed by atoms with E-state index >= 15 is 0 Å². The Balaban J connectivity index is 2.12. The second-order valence-electron chi connectivity index (χ2n) is 5.02. The zero-order valence-corrected chi connectivity index (χ0v) is 12.3. The first-order valence-electron chi connectivity index (χ1n) is 6.97. The van der Waals surface area contributed by atoms with Crippen LogP contribution in [-0.4, -0.2) is 14.8 Å². The first-order valence-corrected chi connectivity index (χ1v) is 6.97. The Hall–Kier alpha value is -1.88. The summed E-state index contributed by atoms with van der Waals surface area (Å²) >= 11 is 0. The van der Waals surface area contributed by atoms with Crippen LogP contribution in [0.3, 0.4) is 0 Å². The molecule has 0 bridgehead atoms. The summed E-state index contributed by atoms with van der Waals surface area (Å²) in [6.45, 7) is 7.38. The van der Waals surface area contributed by atoms with E-state index in [1.54, 1.807) is 6.33 Å². The normalized spacial score (nSPS) is 12.4. The maximum Gasteiger partial charge on any atom is 0.164 e. The second-order valence-corrected chi connectivity index (χ2v) is 5.02. The van der Waals surface area contributed by atoms with E-state index in [9.17, 15) is 0 Å². The summed E-state index contributed by atoms with van der Waals surface area (Å²) in [6.07, 6.45) is 2.59. The average Bonchev–Trinajstić information content (AvgIpc) is 2.85. The Morgan fingerprint density at radius 3 is 2.90 bits per heavy atom. The van der Waals surface area contributed by atoms with Gasteiger partial charge < -0.3 is 10.5 Å². The van der Waals surface area contributed by atoms with E-state index in [0.29, 0.717) is 6.61 Å². The number of nitrogens with zero attached hydrogens (tertiary/aromatic N) is 3. The number of aromatic nitrogens is 3. The van der Waals surface area contributed by atoms with Gasteiger partial charge in [0.15, 0.2) is 5.82 Å². The van der Waals surface area contributed by atoms with Crippen LogP contribution >= 0.6 is 0 Å². The molecule has 2 rings (SSSR count). The van der Waals surface area contributed by atoms with Crippen LogP contribution in [0.15, 0.2) is 24.5 Å². The zero-order valence-electron chi connectivity index (χ0n) is 12.3. The highest BCUT2D eigenvalue weighted by Gasteiger charge is 2.10. The third-order valence-corrected chi connectivity index (χ3v) is 3.14. The molecule has 0 amide bonds. The molecule has 0 aliphatic heterocycles. The molecule has 0 aliphatic rings. The third-order valence-electron chi connectivity index (χ3n) is 3.14. The van der Waals surface area contributed by atoms with Crippen LogP contribution in [0.2, 0.25) is 0 Å². The van der Waals surface area contributed by atoms with Gasteiger partial charge in [-0.25, -0.2) is 9.67 Å². The van der Waals surface area contributed by atoms with Gasteiger partial charge in [-0.05, 0) is 26.3 Å². The summed E-state index contributed by atoms with van der Waals surface area (Å²) in [6, 6.07) is 6.00. The van der Waals surface area contributed by atoms with Crippen LogP contribution in [0.1, 0.15) is 43.3 Å². The molecule has 1 aromatic carbocycles. The highest BCUT2D eigenvalue weighted by molar-refractivity contribution is 5.38. The Kier molecular flexibility index (Phi) is 4.74. The second kappa shape index (κ2) is 6.52. The zero-order chi connectivity index (χ0) is 14.5. The molecule has 0 radical (unpaired) electrons. The van der Waals surface area contributed by atoms with E-state index in [1.165, 1.54) is 5.56 Å². The topological polar surface area (TPSA) is 66.0 Å². The van der Waals surface area contributed by atoms with Crippen molar-refractivity contribution in [1.29, 1.82) is 0 Å². The van der Waals surface area contributed by atoms with Gasteiger partial charge in [-0.3, -0.25) is 0 Å². The predicted octanol–water partition coefficient (Wildman–Crippen LogP) is 2.60. The minimum Gasteiger partial charge on any atom is -0.485 e. The van der Waals surface area contributed by atoms with Crippen LogP contribution < -0.4 is 10.5 Å². The van der Waals surface area contributed by atoms with Crippen molar-refractivity contribution in [2.45, 2.75) is 46.4 Å². The molecular formula is C15H22N4O. The first-order chi connectivity index (χ1) is 9.61. The Morgan fingerprint density at radius 2 is 2.20 bits per heavy atom. The van der Waals surface area contributed by atoms with E-state index in [0.717, 1.165) is 30.1 Å². The third kappa shape index (κ3) is 3.36. The largest absolute Gasteiger partial charge is 0.485 e. The summed E-state index contributed by atoms with van der Waals surface area (Å²) in [4.78, 5) is 4.24. The standard InChI is InChI=1S/C15H22N4O/c1-4-7-19-15(17-10-18-19)9-20-14-6-5-11(2)8-13(14)12(3)16/h5-6,8,10,12H,4,7,9,16H2,1-3H3/t12-/m1/s1. The molecule has 0 aliphatic carbocycles. The first kappa shape index (κ1) is 14.5. The Labute approximate surface area is 119 Å². The van der Waals surface area contributed by atoms with E-state index < -0.39 is 0 Å². The van der Waals surface area contributed by atoms with Crippen LogP contribution in [0.5, 0.6) is 5.75 Å². The molecule has 0 unspecified atom stereocenters. The van der Waals surface area contributed by atoms with Gasteiger partial charge >= 0.3 is 0 Å². The number of benzene rings is 1. The van der Waals surface area contributed by atoms with Crippen molar-refractivity contribution >= 4 is 0 Å². The number of hydrogen-bond donors (Lipinski definition) is 1. The van der Waals surface area contributed by atoms with E-state index in [2.05, 4.69) is 23.1 Å². The molecule has 2 N–H and O–H groups in total. The molecule has 1 aromatic heterocycles. The van der Waals surface area contributed by atoms with Crippen molar-refractivity contribution in [3.63, 3.8) is 0 Å². The van der Waals surface area contributed by atoms with Crippen LogP contribution in [0, 0.1) is 6.92 Å². The quantitative estimate of drug-likeness (QED) is 0.879. The SMILES string of the molecule is CCCn1ncnc1COc1ccc(C)cc1[C@@H](C)N. The molecule has 108 valence electrons. The summed E-state index contributed by atoms with van der Waals surface area (Å²) in [5.41, 5.74) is 8.20. The Morgan fingerprint density at radius 1 is 1.40 bits per heavy atom. The lowest BCUT2D eigenvalue weighted by molar-refractivity contribution is 0.282. The van der Waals surface area contributed by atoms with E-state index in [1.807, 2.05) is 30.7 Å². The molecule has 1 heterocycles. The highest BCUT2D eigenvalue weighted by Crippen LogP contribution is 2.25. The van der Waals surface area contributed by atoms with Crippen molar-refractivity contribution in [2.24, 2.45) is 5.73 Å². The molecule has 0 saturated carbocycles. The summed E-state index contributed by atoms with van der Waals surface area (Å²) < 4.78 is 7.76. The lowest BCUT2D eigenvalue weighted by Gasteiger charge is -2.15. The molecule has 0 saturated heterocycles. The number of ether oxygens (including phenoxy) is 1. The fourth-order valence-electron chi connectivity index (χ4n) is 2.10. The van der Waals surface area contributed by atoms with Crippen molar-refractivity contribution in [3.8, 4) is 5.75 Å². The van der Waals surface area contributed by atoms with Gasteiger partial charge in [0, 0.05) is 18.2 Å². The fourth-order valence-corrected chi connectivity index (χ4v) is 2.10. The molecule has 5 heteroatoms. The van der Waals surface area contributed by atoms with Crippen molar-refractivity contribution in [1.82, 2.24) is 14.8 Å². The van der Waals surface area contributed by atoms with Gasteiger partial charge in [-0.1, -0.05) is 24.6 Å². The smallest absolute Gasteiger partial charge is 0.164 e. The van der Waals surface area contributed by atoms with Crippen molar-refractivity contribution < 1.29 is 4.74 Å². The minimum atomic E-state index is -0.0570. The van der Waals surface area contributed by atoms with Crippen LogP contribution in [0.25, 0.3) is 0 Å². The number of nitrogens with two attached hydrogens (primary N) is 1. The van der Waals surface area contributed by atoms with Gasteiger partial charge in [-0.2, -0.15) is 5.10 Å². The highest BCUT2D eigenvalue weighted by atomic mass is 16.5. The number of aryl methyl sites for hydroxylation is 2. The molecule has 0 spiro atoms. The van der Waals surface area contributed by atoms with E-state index in [-0.39, 0.29) is 6.04 Å². The van der Waals surface area contributed by atoms with Gasteiger partial charge in [0.25, 0.3) is 0 Å². The predicted molar refractivity (Wildman–Crippen MR) is 78.4 cm³/mol. The monoisotopic (exact) mass is 274 g/mol. The maximum absolute atomic E-state index is 6.00. The lowest BCUT2D eigenvalue weighted by Crippen LogP contribution is -2.11. The lowest BCUT2D eigenvalue weighted by atomic mass is 10.1. The van der Waals surface area contributed by atoms with E-state index in [4.69, 9.17) is 10.5 Å². The average molecular weight is 274 g/mol. The van der Waals surface area contributed by atoms with Crippen molar-refractivity contribution in [2.75, 3.05) is 0 Å². The fraction of sp³-hybridized carbons (Fsp3) is 0.467. The minimum absolute atomic E-state index is 0.0570. The van der Waals surface area contributed by atoms with Gasteiger partial charge in [-0.15, -0.1) is 0 Å². The van der Waals surface area contributed by atoms with Crippen LogP contribution in [-0.2, 0) is 13.2 Å². The molecule has 2 aromatic rings.